The Kier molecular flexibility index (Phi) is 4.68. The average molecular weight is 438 g/mol. The molecule has 4 atom stereocenters. The number of imide groups is 1. The zero-order valence-electron chi connectivity index (χ0n) is 17.4. The van der Waals surface area contributed by atoms with Crippen LogP contribution in [0, 0.1) is 17.8 Å². The highest BCUT2D eigenvalue weighted by Gasteiger charge is 2.70. The van der Waals surface area contributed by atoms with Crippen LogP contribution in [0.5, 0.6) is 0 Å². The molecule has 0 aliphatic carbocycles. The van der Waals surface area contributed by atoms with Crippen molar-refractivity contribution in [3.05, 3.63) is 64.7 Å². The zero-order valence-corrected chi connectivity index (χ0v) is 18.1. The summed E-state index contributed by atoms with van der Waals surface area (Å²) in [5, 5.41) is 6.80. The highest BCUT2D eigenvalue weighted by molar-refractivity contribution is 6.31. The number of halogens is 1. The molecule has 2 saturated heterocycles. The van der Waals surface area contributed by atoms with Crippen LogP contribution in [-0.2, 0) is 26.3 Å². The lowest BCUT2D eigenvalue weighted by atomic mass is 9.76. The van der Waals surface area contributed by atoms with Gasteiger partial charge in [0.1, 0.15) is 5.54 Å². The van der Waals surface area contributed by atoms with Crippen molar-refractivity contribution in [1.82, 2.24) is 10.2 Å². The first-order chi connectivity index (χ1) is 14.8. The molecule has 3 aliphatic heterocycles. The normalized spacial score (nSPS) is 29.1. The van der Waals surface area contributed by atoms with Crippen molar-refractivity contribution in [2.75, 3.05) is 11.9 Å². The third kappa shape index (κ3) is 2.85. The van der Waals surface area contributed by atoms with Crippen LogP contribution in [0.15, 0.2) is 48.5 Å². The molecule has 5 rings (SSSR count). The summed E-state index contributed by atoms with van der Waals surface area (Å²) in [5.41, 5.74) is 1.06. The van der Waals surface area contributed by atoms with Crippen LogP contribution in [-0.4, -0.2) is 35.2 Å². The minimum Gasteiger partial charge on any atom is -0.324 e. The SMILES string of the molecule is CC(C)[C@@H]1N[C@]2(C(=O)Nc3ccc(Cl)cc32)[C@@H]2C(=O)N(CCc3ccccc3)C(=O)[C@@H]21. The van der Waals surface area contributed by atoms with Gasteiger partial charge in [0.25, 0.3) is 0 Å². The van der Waals surface area contributed by atoms with Gasteiger partial charge in [-0.05, 0) is 36.1 Å². The van der Waals surface area contributed by atoms with Crippen LogP contribution in [0.25, 0.3) is 0 Å². The molecule has 2 N–H and O–H groups in total. The number of nitrogens with one attached hydrogen (secondary N) is 2. The van der Waals surface area contributed by atoms with Crippen molar-refractivity contribution < 1.29 is 14.4 Å². The molecular formula is C24H24ClN3O3. The van der Waals surface area contributed by atoms with Gasteiger partial charge in [0.2, 0.25) is 17.7 Å². The molecule has 0 radical (unpaired) electrons. The molecule has 0 unspecified atom stereocenters. The summed E-state index contributed by atoms with van der Waals surface area (Å²) >= 11 is 6.26. The van der Waals surface area contributed by atoms with E-state index in [4.69, 9.17) is 11.6 Å². The predicted molar refractivity (Wildman–Crippen MR) is 117 cm³/mol. The number of carbonyl (C=O) groups excluding carboxylic acids is 3. The largest absolute Gasteiger partial charge is 0.324 e. The van der Waals surface area contributed by atoms with Crippen LogP contribution in [0.2, 0.25) is 5.02 Å². The molecule has 160 valence electrons. The van der Waals surface area contributed by atoms with Gasteiger partial charge in [-0.15, -0.1) is 0 Å². The Bertz CT molecular complexity index is 1090. The molecule has 7 heteroatoms. The van der Waals surface area contributed by atoms with E-state index in [1.807, 2.05) is 44.2 Å². The zero-order chi connectivity index (χ0) is 21.9. The fraction of sp³-hybridized carbons (Fsp3) is 0.375. The van der Waals surface area contributed by atoms with Gasteiger partial charge in [0, 0.05) is 28.9 Å². The van der Waals surface area contributed by atoms with E-state index in [1.165, 1.54) is 4.90 Å². The Morgan fingerprint density at radius 3 is 2.52 bits per heavy atom. The molecule has 2 fully saturated rings. The summed E-state index contributed by atoms with van der Waals surface area (Å²) in [4.78, 5) is 41.8. The number of fused-ring (bicyclic) bond motifs is 4. The van der Waals surface area contributed by atoms with Crippen molar-refractivity contribution in [2.24, 2.45) is 17.8 Å². The van der Waals surface area contributed by atoms with Gasteiger partial charge in [-0.1, -0.05) is 55.8 Å². The first-order valence-electron chi connectivity index (χ1n) is 10.6. The van der Waals surface area contributed by atoms with Crippen molar-refractivity contribution >= 4 is 35.0 Å². The fourth-order valence-electron chi connectivity index (χ4n) is 5.44. The predicted octanol–water partition coefficient (Wildman–Crippen LogP) is 2.96. The Morgan fingerprint density at radius 2 is 1.81 bits per heavy atom. The molecule has 1 spiro atoms. The molecule has 0 bridgehead atoms. The minimum absolute atomic E-state index is 0.0636. The standard InChI is InChI=1S/C24H24ClN3O3/c1-13(2)20-18-19(22(30)28(21(18)29)11-10-14-6-4-3-5-7-14)24(27-20)16-12-15(25)8-9-17(16)26-23(24)31/h3-9,12-13,18-20,27H,10-11H2,1-2H3,(H,26,31)/t18-,19-,20-,24-/m0/s1. The second-order valence-electron chi connectivity index (χ2n) is 8.93. The van der Waals surface area contributed by atoms with Gasteiger partial charge in [-0.3, -0.25) is 24.6 Å². The molecule has 6 nitrogen and oxygen atoms in total. The van der Waals surface area contributed by atoms with Gasteiger partial charge in [-0.25, -0.2) is 0 Å². The van der Waals surface area contributed by atoms with Crippen LogP contribution in [0.3, 0.4) is 0 Å². The number of anilines is 1. The summed E-state index contributed by atoms with van der Waals surface area (Å²) in [6.07, 6.45) is 0.582. The average Bonchev–Trinajstić information content (AvgIpc) is 3.33. The molecule has 2 aromatic carbocycles. The molecular weight excluding hydrogens is 414 g/mol. The molecule has 3 amide bonds. The van der Waals surface area contributed by atoms with E-state index in [9.17, 15) is 14.4 Å². The van der Waals surface area contributed by atoms with Gasteiger partial charge < -0.3 is 5.32 Å². The van der Waals surface area contributed by atoms with E-state index < -0.39 is 17.4 Å². The van der Waals surface area contributed by atoms with Crippen LogP contribution >= 0.6 is 11.6 Å². The van der Waals surface area contributed by atoms with Crippen LogP contribution in [0.1, 0.15) is 25.0 Å². The van der Waals surface area contributed by atoms with E-state index in [0.717, 1.165) is 5.56 Å². The molecule has 3 heterocycles. The van der Waals surface area contributed by atoms with E-state index >= 15 is 0 Å². The number of amides is 3. The van der Waals surface area contributed by atoms with Crippen molar-refractivity contribution in [2.45, 2.75) is 31.8 Å². The number of carbonyl (C=O) groups is 3. The number of benzene rings is 2. The minimum atomic E-state index is -1.28. The van der Waals surface area contributed by atoms with Crippen molar-refractivity contribution in [3.63, 3.8) is 0 Å². The number of hydrogen-bond acceptors (Lipinski definition) is 4. The van der Waals surface area contributed by atoms with Gasteiger partial charge in [-0.2, -0.15) is 0 Å². The number of nitrogens with zero attached hydrogens (tertiary/aromatic N) is 1. The van der Waals surface area contributed by atoms with Crippen molar-refractivity contribution in [1.29, 1.82) is 0 Å². The third-order valence-corrected chi connectivity index (χ3v) is 7.12. The van der Waals surface area contributed by atoms with Gasteiger partial charge >= 0.3 is 0 Å². The maximum Gasteiger partial charge on any atom is 0.250 e. The number of hydrogen-bond donors (Lipinski definition) is 2. The van der Waals surface area contributed by atoms with E-state index in [1.54, 1.807) is 18.2 Å². The molecule has 3 aliphatic rings. The monoisotopic (exact) mass is 437 g/mol. The summed E-state index contributed by atoms with van der Waals surface area (Å²) in [6.45, 7) is 4.31. The lowest BCUT2D eigenvalue weighted by Gasteiger charge is -2.30. The van der Waals surface area contributed by atoms with E-state index in [2.05, 4.69) is 10.6 Å². The van der Waals surface area contributed by atoms with Crippen LogP contribution < -0.4 is 10.6 Å². The number of likely N-dealkylation sites (tertiary alicyclic amines) is 1. The summed E-state index contributed by atoms with van der Waals surface area (Å²) in [5.74, 6) is -2.09. The Hall–Kier alpha value is -2.70. The second-order valence-corrected chi connectivity index (χ2v) is 9.37. The second kappa shape index (κ2) is 7.18. The number of rotatable bonds is 4. The molecule has 2 aromatic rings. The van der Waals surface area contributed by atoms with Crippen molar-refractivity contribution in [3.8, 4) is 0 Å². The van der Waals surface area contributed by atoms with E-state index in [-0.39, 0.29) is 29.7 Å². The van der Waals surface area contributed by atoms with E-state index in [0.29, 0.717) is 29.2 Å². The molecule has 0 saturated carbocycles. The smallest absolute Gasteiger partial charge is 0.250 e. The maximum atomic E-state index is 13.6. The quantitative estimate of drug-likeness (QED) is 0.721. The summed E-state index contributed by atoms with van der Waals surface area (Å²) < 4.78 is 0. The lowest BCUT2D eigenvalue weighted by molar-refractivity contribution is -0.142. The van der Waals surface area contributed by atoms with Gasteiger partial charge in [0.15, 0.2) is 0 Å². The van der Waals surface area contributed by atoms with Gasteiger partial charge in [0.05, 0.1) is 11.8 Å². The topological polar surface area (TPSA) is 78.5 Å². The fourth-order valence-corrected chi connectivity index (χ4v) is 5.62. The lowest BCUT2D eigenvalue weighted by Crippen LogP contribution is -2.54. The summed E-state index contributed by atoms with van der Waals surface area (Å²) in [6, 6.07) is 14.7. The molecule has 31 heavy (non-hydrogen) atoms. The Balaban J connectivity index is 1.55. The first-order valence-corrected chi connectivity index (χ1v) is 11.0. The third-order valence-electron chi connectivity index (χ3n) is 6.89. The maximum absolute atomic E-state index is 13.6. The Labute approximate surface area is 185 Å². The first kappa shape index (κ1) is 20.2. The summed E-state index contributed by atoms with van der Waals surface area (Å²) in [7, 11) is 0. The highest BCUT2D eigenvalue weighted by Crippen LogP contribution is 2.54. The molecule has 0 aromatic heterocycles. The van der Waals surface area contributed by atoms with Crippen LogP contribution in [0.4, 0.5) is 5.69 Å². The highest BCUT2D eigenvalue weighted by atomic mass is 35.5. The Morgan fingerprint density at radius 1 is 1.06 bits per heavy atom.